The first-order chi connectivity index (χ1) is 14.9. The van der Waals surface area contributed by atoms with E-state index in [-0.39, 0.29) is 5.91 Å². The fraction of sp³-hybridized carbons (Fsp3) is 0.182. The number of benzene rings is 2. The summed E-state index contributed by atoms with van der Waals surface area (Å²) in [5.41, 5.74) is 2.59. The number of carbonyl (C=O) groups is 1. The number of nitrogens with one attached hydrogen (secondary N) is 1. The summed E-state index contributed by atoms with van der Waals surface area (Å²) in [5, 5.41) is 7.94. The minimum atomic E-state index is -3.50. The van der Waals surface area contributed by atoms with Gasteiger partial charge in [-0.05, 0) is 29.6 Å². The van der Waals surface area contributed by atoms with E-state index < -0.39 is 16.1 Å². The Morgan fingerprint density at radius 3 is 2.58 bits per heavy atom. The Bertz CT molecular complexity index is 1240. The molecule has 160 valence electrons. The lowest BCUT2D eigenvalue weighted by atomic mass is 9.96. The molecule has 1 N–H and O–H groups in total. The van der Waals surface area contributed by atoms with Gasteiger partial charge in [-0.25, -0.2) is 13.4 Å². The fourth-order valence-electron chi connectivity index (χ4n) is 3.58. The van der Waals surface area contributed by atoms with Crippen LogP contribution in [0.1, 0.15) is 33.3 Å². The van der Waals surface area contributed by atoms with Crippen LogP contribution in [0.4, 0.5) is 5.69 Å². The molecule has 1 aliphatic rings. The summed E-state index contributed by atoms with van der Waals surface area (Å²) in [6, 6.07) is 17.7. The maximum atomic E-state index is 13.3. The second kappa shape index (κ2) is 8.52. The second-order valence-electron chi connectivity index (χ2n) is 7.06. The third kappa shape index (κ3) is 4.47. The molecule has 3 aromatic rings. The molecule has 0 aliphatic carbocycles. The Morgan fingerprint density at radius 2 is 1.87 bits per heavy atom. The number of hydrogen-bond acceptors (Lipinski definition) is 6. The van der Waals surface area contributed by atoms with Gasteiger partial charge >= 0.3 is 0 Å². The van der Waals surface area contributed by atoms with Crippen molar-refractivity contribution >= 4 is 38.7 Å². The molecule has 4 rings (SSSR count). The molecule has 7 nitrogen and oxygen atoms in total. The zero-order valence-electron chi connectivity index (χ0n) is 17.0. The second-order valence-corrected chi connectivity index (χ2v) is 9.75. The monoisotopic (exact) mass is 455 g/mol. The highest BCUT2D eigenvalue weighted by atomic mass is 32.2. The number of rotatable bonds is 6. The normalized spacial score (nSPS) is 16.1. The van der Waals surface area contributed by atoms with Crippen molar-refractivity contribution in [3.05, 3.63) is 82.0 Å². The van der Waals surface area contributed by atoms with Gasteiger partial charge in [-0.3, -0.25) is 9.52 Å². The van der Waals surface area contributed by atoms with Crippen molar-refractivity contribution in [3.8, 4) is 5.75 Å². The van der Waals surface area contributed by atoms with Crippen LogP contribution in [0.3, 0.4) is 0 Å². The Kier molecular flexibility index (Phi) is 5.79. The van der Waals surface area contributed by atoms with Crippen LogP contribution in [0.25, 0.3) is 0 Å². The lowest BCUT2D eigenvalue weighted by Crippen LogP contribution is -2.27. The first kappa shape index (κ1) is 21.1. The van der Waals surface area contributed by atoms with Crippen molar-refractivity contribution in [1.29, 1.82) is 0 Å². The van der Waals surface area contributed by atoms with Gasteiger partial charge in [-0.2, -0.15) is 5.10 Å². The van der Waals surface area contributed by atoms with Crippen LogP contribution in [-0.4, -0.2) is 38.4 Å². The van der Waals surface area contributed by atoms with Crippen LogP contribution in [0.15, 0.2) is 71.1 Å². The lowest BCUT2D eigenvalue weighted by molar-refractivity contribution is 0.0717. The van der Waals surface area contributed by atoms with Gasteiger partial charge in [0.05, 0.1) is 35.7 Å². The summed E-state index contributed by atoms with van der Waals surface area (Å²) in [7, 11) is -1.91. The molecule has 1 amide bonds. The van der Waals surface area contributed by atoms with Crippen LogP contribution >= 0.6 is 11.3 Å². The van der Waals surface area contributed by atoms with E-state index in [4.69, 9.17) is 4.74 Å². The Labute approximate surface area is 185 Å². The maximum Gasteiger partial charge on any atom is 0.284 e. The van der Waals surface area contributed by atoms with Crippen LogP contribution < -0.4 is 9.46 Å². The predicted octanol–water partition coefficient (Wildman–Crippen LogP) is 4.12. The summed E-state index contributed by atoms with van der Waals surface area (Å²) >= 11 is 1.34. The summed E-state index contributed by atoms with van der Waals surface area (Å²) in [4.78, 5) is 13.8. The Balaban J connectivity index is 1.80. The number of ether oxygens (including phenoxy) is 1. The number of carbonyl (C=O) groups excluding carboxylic acids is 1. The highest BCUT2D eigenvalue weighted by Crippen LogP contribution is 2.39. The van der Waals surface area contributed by atoms with Crippen LogP contribution in [0.5, 0.6) is 5.75 Å². The van der Waals surface area contributed by atoms with E-state index in [2.05, 4.69) is 9.82 Å². The zero-order valence-corrected chi connectivity index (χ0v) is 18.6. The van der Waals surface area contributed by atoms with Crippen molar-refractivity contribution < 1.29 is 17.9 Å². The number of thiophene rings is 1. The van der Waals surface area contributed by atoms with Gasteiger partial charge in [0, 0.05) is 17.5 Å². The number of nitrogens with zero attached hydrogens (tertiary/aromatic N) is 2. The highest BCUT2D eigenvalue weighted by Gasteiger charge is 2.36. The standard InChI is InChI=1S/C22H21N3O4S2/c1-29-20-11-6-4-9-16(20)18-14-19(25(23-18)22(26)21-12-7-13-30-21)15-8-3-5-10-17(15)24-31(2,27)28/h3-13,19,24H,14H2,1-2H3/t19-/m0/s1. The molecule has 0 saturated carbocycles. The number of sulfonamides is 1. The number of hydrazone groups is 1. The smallest absolute Gasteiger partial charge is 0.284 e. The Hall–Kier alpha value is -3.17. The maximum absolute atomic E-state index is 13.3. The number of hydrogen-bond donors (Lipinski definition) is 1. The van der Waals surface area contributed by atoms with E-state index in [9.17, 15) is 13.2 Å². The highest BCUT2D eigenvalue weighted by molar-refractivity contribution is 7.92. The molecular weight excluding hydrogens is 434 g/mol. The molecule has 2 heterocycles. The average Bonchev–Trinajstić information content (AvgIpc) is 3.43. The molecule has 1 aliphatic heterocycles. The number of methoxy groups -OCH3 is 1. The Morgan fingerprint density at radius 1 is 1.13 bits per heavy atom. The van der Waals surface area contributed by atoms with Crippen LogP contribution in [0.2, 0.25) is 0 Å². The van der Waals surface area contributed by atoms with Crippen molar-refractivity contribution in [2.24, 2.45) is 5.10 Å². The van der Waals surface area contributed by atoms with E-state index >= 15 is 0 Å². The van der Waals surface area contributed by atoms with Gasteiger partial charge in [-0.15, -0.1) is 11.3 Å². The molecule has 1 aromatic heterocycles. The van der Waals surface area contributed by atoms with E-state index in [0.717, 1.165) is 11.8 Å². The molecule has 0 unspecified atom stereocenters. The quantitative estimate of drug-likeness (QED) is 0.606. The minimum Gasteiger partial charge on any atom is -0.496 e. The third-order valence-electron chi connectivity index (χ3n) is 4.88. The lowest BCUT2D eigenvalue weighted by Gasteiger charge is -2.23. The molecule has 2 aromatic carbocycles. The zero-order chi connectivity index (χ0) is 22.0. The first-order valence-corrected chi connectivity index (χ1v) is 12.3. The molecule has 0 radical (unpaired) electrons. The summed E-state index contributed by atoms with van der Waals surface area (Å²) in [6.07, 6.45) is 1.52. The van der Waals surface area contributed by atoms with Crippen molar-refractivity contribution in [3.63, 3.8) is 0 Å². The predicted molar refractivity (Wildman–Crippen MR) is 122 cm³/mol. The van der Waals surface area contributed by atoms with E-state index in [0.29, 0.717) is 34.0 Å². The van der Waals surface area contributed by atoms with Crippen molar-refractivity contribution in [2.75, 3.05) is 18.1 Å². The minimum absolute atomic E-state index is 0.237. The van der Waals surface area contributed by atoms with Gasteiger partial charge in [0.15, 0.2) is 0 Å². The van der Waals surface area contributed by atoms with Gasteiger partial charge < -0.3 is 4.74 Å². The first-order valence-electron chi connectivity index (χ1n) is 9.52. The molecule has 0 spiro atoms. The fourth-order valence-corrected chi connectivity index (χ4v) is 4.82. The van der Waals surface area contributed by atoms with Crippen LogP contribution in [-0.2, 0) is 10.0 Å². The van der Waals surface area contributed by atoms with Crippen LogP contribution in [0, 0.1) is 0 Å². The molecule has 0 fully saturated rings. The molecule has 0 saturated heterocycles. The molecular formula is C22H21N3O4S2. The summed E-state index contributed by atoms with van der Waals surface area (Å²) < 4.78 is 31.8. The van der Waals surface area contributed by atoms with Crippen molar-refractivity contribution in [1.82, 2.24) is 5.01 Å². The topological polar surface area (TPSA) is 88.1 Å². The molecule has 31 heavy (non-hydrogen) atoms. The SMILES string of the molecule is COc1ccccc1C1=NN(C(=O)c2cccs2)[C@H](c2ccccc2NS(C)(=O)=O)C1. The van der Waals surface area contributed by atoms with Gasteiger partial charge in [-0.1, -0.05) is 36.4 Å². The number of anilines is 1. The summed E-state index contributed by atoms with van der Waals surface area (Å²) in [6.45, 7) is 0. The van der Waals surface area contributed by atoms with Crippen molar-refractivity contribution in [2.45, 2.75) is 12.5 Å². The van der Waals surface area contributed by atoms with Gasteiger partial charge in [0.1, 0.15) is 5.75 Å². The molecule has 0 bridgehead atoms. The van der Waals surface area contributed by atoms with Gasteiger partial charge in [0.2, 0.25) is 10.0 Å². The number of amides is 1. The largest absolute Gasteiger partial charge is 0.496 e. The van der Waals surface area contributed by atoms with Gasteiger partial charge in [0.25, 0.3) is 5.91 Å². The number of para-hydroxylation sites is 2. The van der Waals surface area contributed by atoms with E-state index in [1.807, 2.05) is 47.8 Å². The molecule has 9 heteroatoms. The summed E-state index contributed by atoms with van der Waals surface area (Å²) in [5.74, 6) is 0.423. The third-order valence-corrected chi connectivity index (χ3v) is 6.33. The van der Waals surface area contributed by atoms with E-state index in [1.54, 1.807) is 25.3 Å². The average molecular weight is 456 g/mol. The van der Waals surface area contributed by atoms with E-state index in [1.165, 1.54) is 16.3 Å². The molecule has 1 atom stereocenters.